The predicted molar refractivity (Wildman–Crippen MR) is 99.5 cm³/mol. The molecule has 7 nitrogen and oxygen atoms in total. The molecule has 1 atom stereocenters. The first-order valence-corrected chi connectivity index (χ1v) is 8.56. The number of carboxylic acid groups (broad SMARTS) is 1. The molecule has 1 aromatic carbocycles. The number of aliphatic carboxylic acids is 1. The molecule has 0 bridgehead atoms. The lowest BCUT2D eigenvalue weighted by atomic mass is 10.0. The van der Waals surface area contributed by atoms with Gasteiger partial charge in [-0.3, -0.25) is 4.98 Å². The van der Waals surface area contributed by atoms with E-state index in [-0.39, 0.29) is 6.42 Å². The molecule has 144 valence electrons. The number of nitrogens with zero attached hydrogens (tertiary/aromatic N) is 1. The summed E-state index contributed by atoms with van der Waals surface area (Å²) in [7, 11) is 0. The van der Waals surface area contributed by atoms with Crippen LogP contribution in [0.15, 0.2) is 48.8 Å². The van der Waals surface area contributed by atoms with Crippen LogP contribution in [0.3, 0.4) is 0 Å². The zero-order valence-electron chi connectivity index (χ0n) is 15.6. The number of aromatic nitrogens is 1. The molecule has 27 heavy (non-hydrogen) atoms. The molecular formula is C20H24N2O5. The second-order valence-electron chi connectivity index (χ2n) is 7.00. The van der Waals surface area contributed by atoms with Crippen molar-refractivity contribution in [3.63, 3.8) is 0 Å². The van der Waals surface area contributed by atoms with E-state index in [1.54, 1.807) is 57.4 Å². The van der Waals surface area contributed by atoms with Crippen LogP contribution < -0.4 is 10.1 Å². The van der Waals surface area contributed by atoms with Gasteiger partial charge in [0, 0.05) is 24.4 Å². The van der Waals surface area contributed by atoms with E-state index in [9.17, 15) is 14.7 Å². The van der Waals surface area contributed by atoms with Gasteiger partial charge in [0.15, 0.2) is 0 Å². The Morgan fingerprint density at radius 3 is 2.56 bits per heavy atom. The highest BCUT2D eigenvalue weighted by molar-refractivity contribution is 5.80. The Morgan fingerprint density at radius 1 is 1.19 bits per heavy atom. The maximum absolute atomic E-state index is 11.9. The maximum atomic E-state index is 11.9. The van der Waals surface area contributed by atoms with Gasteiger partial charge in [-0.1, -0.05) is 24.3 Å². The largest absolute Gasteiger partial charge is 0.489 e. The minimum absolute atomic E-state index is 0.0673. The molecule has 0 spiro atoms. The van der Waals surface area contributed by atoms with Gasteiger partial charge in [-0.05, 0) is 38.5 Å². The van der Waals surface area contributed by atoms with Crippen LogP contribution in [0.4, 0.5) is 4.79 Å². The lowest BCUT2D eigenvalue weighted by Gasteiger charge is -2.22. The molecule has 0 radical (unpaired) electrons. The molecule has 0 saturated carbocycles. The average molecular weight is 372 g/mol. The number of ether oxygens (including phenoxy) is 2. The number of carbonyl (C=O) groups is 2. The van der Waals surface area contributed by atoms with Crippen LogP contribution in [-0.4, -0.2) is 33.8 Å². The van der Waals surface area contributed by atoms with E-state index in [1.165, 1.54) is 0 Å². The SMILES string of the molecule is CC(C)(C)OC(=O)NC(Cc1ccccc1OCc1cccnc1)C(=O)O. The van der Waals surface area contributed by atoms with E-state index < -0.39 is 23.7 Å². The number of amides is 1. The highest BCUT2D eigenvalue weighted by Crippen LogP contribution is 2.21. The Labute approximate surface area is 158 Å². The Kier molecular flexibility index (Phi) is 6.76. The number of para-hydroxylation sites is 1. The number of alkyl carbamates (subject to hydrolysis) is 1. The third kappa shape index (κ3) is 6.97. The normalized spacial score (nSPS) is 12.1. The summed E-state index contributed by atoms with van der Waals surface area (Å²) in [5, 5.41) is 11.9. The Hall–Kier alpha value is -3.09. The smallest absolute Gasteiger partial charge is 0.408 e. The van der Waals surface area contributed by atoms with Gasteiger partial charge in [-0.25, -0.2) is 9.59 Å². The lowest BCUT2D eigenvalue weighted by molar-refractivity contribution is -0.139. The van der Waals surface area contributed by atoms with E-state index >= 15 is 0 Å². The van der Waals surface area contributed by atoms with Crippen LogP contribution in [0.25, 0.3) is 0 Å². The minimum atomic E-state index is -1.15. The van der Waals surface area contributed by atoms with Gasteiger partial charge < -0.3 is 19.9 Å². The molecule has 1 heterocycles. The van der Waals surface area contributed by atoms with Crippen molar-refractivity contribution in [2.75, 3.05) is 0 Å². The minimum Gasteiger partial charge on any atom is -0.489 e. The molecule has 2 N–H and O–H groups in total. The second-order valence-corrected chi connectivity index (χ2v) is 7.00. The van der Waals surface area contributed by atoms with Crippen molar-refractivity contribution >= 4 is 12.1 Å². The molecule has 0 aliphatic heterocycles. The highest BCUT2D eigenvalue weighted by atomic mass is 16.6. The standard InChI is InChI=1S/C20H24N2O5/c1-20(2,3)27-19(25)22-16(18(23)24)11-15-8-4-5-9-17(15)26-13-14-7-6-10-21-12-14/h4-10,12,16H,11,13H2,1-3H3,(H,22,25)(H,23,24). The van der Waals surface area contributed by atoms with Crippen LogP contribution in [0, 0.1) is 0 Å². The maximum Gasteiger partial charge on any atom is 0.408 e. The van der Waals surface area contributed by atoms with Crippen molar-refractivity contribution in [2.24, 2.45) is 0 Å². The van der Waals surface area contributed by atoms with Crippen molar-refractivity contribution in [1.82, 2.24) is 10.3 Å². The third-order valence-electron chi connectivity index (χ3n) is 3.50. The summed E-state index contributed by atoms with van der Waals surface area (Å²) in [5.41, 5.74) is 0.858. The van der Waals surface area contributed by atoms with Gasteiger partial charge in [0.05, 0.1) is 0 Å². The summed E-state index contributed by atoms with van der Waals surface area (Å²) in [6.07, 6.45) is 2.67. The number of rotatable bonds is 7. The number of carbonyl (C=O) groups excluding carboxylic acids is 1. The summed E-state index contributed by atoms with van der Waals surface area (Å²) < 4.78 is 11.0. The van der Waals surface area contributed by atoms with E-state index in [1.807, 2.05) is 12.1 Å². The number of pyridine rings is 1. The zero-order valence-corrected chi connectivity index (χ0v) is 15.6. The molecule has 0 aliphatic carbocycles. The Balaban J connectivity index is 2.07. The molecule has 7 heteroatoms. The summed E-state index contributed by atoms with van der Waals surface area (Å²) in [5.74, 6) is -0.596. The van der Waals surface area contributed by atoms with Crippen LogP contribution in [0.2, 0.25) is 0 Å². The van der Waals surface area contributed by atoms with Crippen molar-refractivity contribution < 1.29 is 24.2 Å². The molecule has 2 aromatic rings. The van der Waals surface area contributed by atoms with E-state index in [0.29, 0.717) is 17.9 Å². The Morgan fingerprint density at radius 2 is 1.93 bits per heavy atom. The predicted octanol–water partition coefficient (Wildman–Crippen LogP) is 3.18. The van der Waals surface area contributed by atoms with Gasteiger partial charge in [0.25, 0.3) is 0 Å². The summed E-state index contributed by atoms with van der Waals surface area (Å²) in [6.45, 7) is 5.44. The molecule has 0 saturated heterocycles. The van der Waals surface area contributed by atoms with Gasteiger partial charge in [0.1, 0.15) is 24.0 Å². The average Bonchev–Trinajstić information content (AvgIpc) is 2.59. The summed E-state index contributed by atoms with van der Waals surface area (Å²) >= 11 is 0. The molecule has 1 aromatic heterocycles. The lowest BCUT2D eigenvalue weighted by Crippen LogP contribution is -2.44. The third-order valence-corrected chi connectivity index (χ3v) is 3.50. The van der Waals surface area contributed by atoms with Crippen molar-refractivity contribution in [1.29, 1.82) is 0 Å². The first-order valence-electron chi connectivity index (χ1n) is 8.56. The fourth-order valence-corrected chi connectivity index (χ4v) is 2.33. The van der Waals surface area contributed by atoms with Crippen LogP contribution in [0.1, 0.15) is 31.9 Å². The first kappa shape index (κ1) is 20.2. The number of benzene rings is 1. The van der Waals surface area contributed by atoms with Gasteiger partial charge in [-0.2, -0.15) is 0 Å². The quantitative estimate of drug-likeness (QED) is 0.775. The van der Waals surface area contributed by atoms with Crippen LogP contribution >= 0.6 is 0 Å². The van der Waals surface area contributed by atoms with Crippen molar-refractivity contribution in [3.8, 4) is 5.75 Å². The number of hydrogen-bond acceptors (Lipinski definition) is 5. The van der Waals surface area contributed by atoms with E-state index in [2.05, 4.69) is 10.3 Å². The van der Waals surface area contributed by atoms with Gasteiger partial charge in [0.2, 0.25) is 0 Å². The zero-order chi connectivity index (χ0) is 19.9. The monoisotopic (exact) mass is 372 g/mol. The van der Waals surface area contributed by atoms with Gasteiger partial charge in [-0.15, -0.1) is 0 Å². The van der Waals surface area contributed by atoms with E-state index in [0.717, 1.165) is 5.56 Å². The van der Waals surface area contributed by atoms with Crippen LogP contribution in [0.5, 0.6) is 5.75 Å². The molecule has 0 aliphatic rings. The van der Waals surface area contributed by atoms with Gasteiger partial charge >= 0.3 is 12.1 Å². The first-order chi connectivity index (χ1) is 12.7. The van der Waals surface area contributed by atoms with Crippen molar-refractivity contribution in [3.05, 3.63) is 59.9 Å². The molecule has 1 unspecified atom stereocenters. The molecule has 0 fully saturated rings. The highest BCUT2D eigenvalue weighted by Gasteiger charge is 2.25. The number of hydrogen-bond donors (Lipinski definition) is 2. The molecule has 2 rings (SSSR count). The fraction of sp³-hybridized carbons (Fsp3) is 0.350. The number of carboxylic acids is 1. The topological polar surface area (TPSA) is 97.8 Å². The van der Waals surface area contributed by atoms with Crippen LogP contribution in [-0.2, 0) is 22.6 Å². The molecular weight excluding hydrogens is 348 g/mol. The fourth-order valence-electron chi connectivity index (χ4n) is 2.33. The molecule has 1 amide bonds. The van der Waals surface area contributed by atoms with Crippen molar-refractivity contribution in [2.45, 2.75) is 45.4 Å². The summed E-state index contributed by atoms with van der Waals surface area (Å²) in [6, 6.07) is 9.69. The van der Waals surface area contributed by atoms with E-state index in [4.69, 9.17) is 9.47 Å². The Bertz CT molecular complexity index is 771. The number of nitrogens with one attached hydrogen (secondary N) is 1. The summed E-state index contributed by atoms with van der Waals surface area (Å²) in [4.78, 5) is 27.5. The second kappa shape index (κ2) is 9.02.